The second kappa shape index (κ2) is 8.45. The van der Waals surface area contributed by atoms with E-state index in [2.05, 4.69) is 15.0 Å². The quantitative estimate of drug-likeness (QED) is 0.713. The fourth-order valence-electron chi connectivity index (χ4n) is 1.90. The number of methoxy groups -OCH3 is 2. The number of amides is 1. The minimum atomic E-state index is -3.77. The standard InChI is InChI=1S/C16H19N3O5S/c1-23-13-4-6-14(7-5-13)25(21,22)19-11-15(20)17-9-12-3-8-16(24-2)18-10-12/h3-8,10,19H,9,11H2,1-2H3,(H,17,20). The first-order valence-electron chi connectivity index (χ1n) is 7.34. The van der Waals surface area contributed by atoms with Gasteiger partial charge in [-0.25, -0.2) is 18.1 Å². The third-order valence-corrected chi connectivity index (χ3v) is 4.71. The lowest BCUT2D eigenvalue weighted by Crippen LogP contribution is -2.36. The van der Waals surface area contributed by atoms with Crippen molar-refractivity contribution >= 4 is 15.9 Å². The molecule has 0 atom stereocenters. The zero-order valence-corrected chi connectivity index (χ0v) is 14.7. The molecular formula is C16H19N3O5S. The van der Waals surface area contributed by atoms with Crippen molar-refractivity contribution in [1.82, 2.24) is 15.0 Å². The first-order valence-corrected chi connectivity index (χ1v) is 8.82. The molecule has 1 heterocycles. The maximum Gasteiger partial charge on any atom is 0.241 e. The van der Waals surface area contributed by atoms with E-state index in [1.165, 1.54) is 38.5 Å². The summed E-state index contributed by atoms with van der Waals surface area (Å²) in [6, 6.07) is 9.31. The van der Waals surface area contributed by atoms with Crippen LogP contribution in [0, 0.1) is 0 Å². The number of hydrogen-bond donors (Lipinski definition) is 2. The van der Waals surface area contributed by atoms with Gasteiger partial charge in [0.15, 0.2) is 0 Å². The number of sulfonamides is 1. The molecule has 1 amide bonds. The number of benzene rings is 1. The molecule has 1 aromatic carbocycles. The topological polar surface area (TPSA) is 107 Å². The SMILES string of the molecule is COc1ccc(S(=O)(=O)NCC(=O)NCc2ccc(OC)nc2)cc1. The predicted octanol–water partition coefficient (Wildman–Crippen LogP) is 0.694. The molecule has 9 heteroatoms. The van der Waals surface area contributed by atoms with E-state index in [1.54, 1.807) is 18.3 Å². The Labute approximate surface area is 146 Å². The van der Waals surface area contributed by atoms with Gasteiger partial charge >= 0.3 is 0 Å². The van der Waals surface area contributed by atoms with Crippen molar-refractivity contribution in [2.45, 2.75) is 11.4 Å². The summed E-state index contributed by atoms with van der Waals surface area (Å²) in [7, 11) is -0.764. The normalized spacial score (nSPS) is 11.0. The van der Waals surface area contributed by atoms with Crippen molar-refractivity contribution in [2.24, 2.45) is 0 Å². The van der Waals surface area contributed by atoms with Crippen molar-refractivity contribution in [2.75, 3.05) is 20.8 Å². The van der Waals surface area contributed by atoms with Gasteiger partial charge in [-0.1, -0.05) is 6.07 Å². The van der Waals surface area contributed by atoms with E-state index in [9.17, 15) is 13.2 Å². The first-order chi connectivity index (χ1) is 11.9. The smallest absolute Gasteiger partial charge is 0.241 e. The molecule has 0 aliphatic heterocycles. The van der Waals surface area contributed by atoms with Crippen LogP contribution in [0.25, 0.3) is 0 Å². The van der Waals surface area contributed by atoms with Gasteiger partial charge in [0.05, 0.1) is 25.7 Å². The second-order valence-corrected chi connectivity index (χ2v) is 6.75. The monoisotopic (exact) mass is 365 g/mol. The highest BCUT2D eigenvalue weighted by Crippen LogP contribution is 2.15. The summed E-state index contributed by atoms with van der Waals surface area (Å²) in [5.74, 6) is 0.569. The average molecular weight is 365 g/mol. The molecule has 2 aromatic rings. The van der Waals surface area contributed by atoms with Crippen LogP contribution in [0.4, 0.5) is 0 Å². The van der Waals surface area contributed by atoms with Gasteiger partial charge in [0.2, 0.25) is 21.8 Å². The lowest BCUT2D eigenvalue weighted by molar-refractivity contribution is -0.120. The second-order valence-electron chi connectivity index (χ2n) is 4.99. The highest BCUT2D eigenvalue weighted by Gasteiger charge is 2.15. The highest BCUT2D eigenvalue weighted by molar-refractivity contribution is 7.89. The fraction of sp³-hybridized carbons (Fsp3) is 0.250. The fourth-order valence-corrected chi connectivity index (χ4v) is 2.88. The van der Waals surface area contributed by atoms with E-state index in [0.29, 0.717) is 11.6 Å². The van der Waals surface area contributed by atoms with Gasteiger partial charge in [-0.15, -0.1) is 0 Å². The van der Waals surface area contributed by atoms with E-state index < -0.39 is 15.9 Å². The lowest BCUT2D eigenvalue weighted by atomic mass is 10.3. The molecule has 0 aliphatic rings. The van der Waals surface area contributed by atoms with Gasteiger partial charge in [-0.05, 0) is 29.8 Å². The van der Waals surface area contributed by atoms with Gasteiger partial charge in [-0.2, -0.15) is 0 Å². The summed E-state index contributed by atoms with van der Waals surface area (Å²) in [5, 5.41) is 2.61. The van der Waals surface area contributed by atoms with Crippen molar-refractivity contribution in [3.05, 3.63) is 48.2 Å². The van der Waals surface area contributed by atoms with Crippen molar-refractivity contribution in [1.29, 1.82) is 0 Å². The molecule has 2 N–H and O–H groups in total. The highest BCUT2D eigenvalue weighted by atomic mass is 32.2. The maximum absolute atomic E-state index is 12.1. The summed E-state index contributed by atoms with van der Waals surface area (Å²) in [4.78, 5) is 15.9. The Kier molecular flexibility index (Phi) is 6.31. The Hall–Kier alpha value is -2.65. The average Bonchev–Trinajstić information content (AvgIpc) is 2.65. The van der Waals surface area contributed by atoms with E-state index in [4.69, 9.17) is 9.47 Å². The number of carbonyl (C=O) groups excluding carboxylic acids is 1. The summed E-state index contributed by atoms with van der Waals surface area (Å²) in [6.07, 6.45) is 1.57. The van der Waals surface area contributed by atoms with Crippen LogP contribution < -0.4 is 19.5 Å². The van der Waals surface area contributed by atoms with Crippen LogP contribution in [0.5, 0.6) is 11.6 Å². The molecule has 0 bridgehead atoms. The Morgan fingerprint density at radius 3 is 2.36 bits per heavy atom. The Morgan fingerprint density at radius 2 is 1.80 bits per heavy atom. The summed E-state index contributed by atoms with van der Waals surface area (Å²) >= 11 is 0. The summed E-state index contributed by atoms with van der Waals surface area (Å²) in [5.41, 5.74) is 0.771. The Balaban J connectivity index is 1.85. The maximum atomic E-state index is 12.1. The minimum Gasteiger partial charge on any atom is -0.497 e. The largest absolute Gasteiger partial charge is 0.497 e. The van der Waals surface area contributed by atoms with Gasteiger partial charge < -0.3 is 14.8 Å². The van der Waals surface area contributed by atoms with Crippen LogP contribution in [0.2, 0.25) is 0 Å². The number of hydrogen-bond acceptors (Lipinski definition) is 6. The zero-order chi connectivity index (χ0) is 18.3. The molecule has 25 heavy (non-hydrogen) atoms. The molecule has 1 aromatic heterocycles. The molecule has 0 saturated carbocycles. The van der Waals surface area contributed by atoms with Gasteiger partial charge in [-0.3, -0.25) is 4.79 Å². The number of ether oxygens (including phenoxy) is 2. The lowest BCUT2D eigenvalue weighted by Gasteiger charge is -2.08. The Morgan fingerprint density at radius 1 is 1.08 bits per heavy atom. The third kappa shape index (κ3) is 5.44. The number of aromatic nitrogens is 1. The van der Waals surface area contributed by atoms with Crippen LogP contribution in [0.1, 0.15) is 5.56 Å². The molecule has 0 aliphatic carbocycles. The number of rotatable bonds is 8. The van der Waals surface area contributed by atoms with Crippen molar-refractivity contribution in [3.8, 4) is 11.6 Å². The van der Waals surface area contributed by atoms with Crippen LogP contribution in [0.3, 0.4) is 0 Å². The molecule has 0 spiro atoms. The van der Waals surface area contributed by atoms with Crippen LogP contribution in [-0.2, 0) is 21.4 Å². The molecule has 2 rings (SSSR count). The molecule has 8 nitrogen and oxygen atoms in total. The van der Waals surface area contributed by atoms with E-state index in [1.807, 2.05) is 0 Å². The molecule has 0 radical (unpaired) electrons. The number of pyridine rings is 1. The van der Waals surface area contributed by atoms with E-state index in [-0.39, 0.29) is 18.0 Å². The van der Waals surface area contributed by atoms with Gasteiger partial charge in [0, 0.05) is 18.8 Å². The molecule has 0 fully saturated rings. The summed E-state index contributed by atoms with van der Waals surface area (Å²) in [6.45, 7) is -0.127. The summed E-state index contributed by atoms with van der Waals surface area (Å²) < 4.78 is 36.4. The molecular weight excluding hydrogens is 346 g/mol. The molecule has 0 unspecified atom stereocenters. The zero-order valence-electron chi connectivity index (χ0n) is 13.9. The van der Waals surface area contributed by atoms with Gasteiger partial charge in [0.1, 0.15) is 5.75 Å². The molecule has 0 saturated heterocycles. The van der Waals surface area contributed by atoms with Crippen molar-refractivity contribution in [3.63, 3.8) is 0 Å². The van der Waals surface area contributed by atoms with Crippen LogP contribution in [0.15, 0.2) is 47.5 Å². The van der Waals surface area contributed by atoms with E-state index in [0.717, 1.165) is 5.56 Å². The van der Waals surface area contributed by atoms with Crippen molar-refractivity contribution < 1.29 is 22.7 Å². The van der Waals surface area contributed by atoms with Crippen LogP contribution >= 0.6 is 0 Å². The molecule has 134 valence electrons. The van der Waals surface area contributed by atoms with Crippen LogP contribution in [-0.4, -0.2) is 40.1 Å². The van der Waals surface area contributed by atoms with Gasteiger partial charge in [0.25, 0.3) is 0 Å². The number of nitrogens with zero attached hydrogens (tertiary/aromatic N) is 1. The van der Waals surface area contributed by atoms with E-state index >= 15 is 0 Å². The first kappa shape index (κ1) is 18.7. The Bertz CT molecular complexity index is 805. The number of nitrogens with one attached hydrogen (secondary N) is 2. The minimum absolute atomic E-state index is 0.0560. The predicted molar refractivity (Wildman–Crippen MR) is 90.8 cm³/mol. The third-order valence-electron chi connectivity index (χ3n) is 3.29. The number of carbonyl (C=O) groups is 1.